The van der Waals surface area contributed by atoms with E-state index in [-0.39, 0.29) is 11.4 Å². The summed E-state index contributed by atoms with van der Waals surface area (Å²) in [7, 11) is 0.799. The fourth-order valence-electron chi connectivity index (χ4n) is 2.40. The average molecular weight is 365 g/mol. The molecule has 0 amide bonds. The quantitative estimate of drug-likeness (QED) is 0.815. The zero-order valence-electron chi connectivity index (χ0n) is 14.8. The van der Waals surface area contributed by atoms with Crippen molar-refractivity contribution in [3.05, 3.63) is 53.6 Å². The summed E-state index contributed by atoms with van der Waals surface area (Å²) < 4.78 is 36.7. The van der Waals surface area contributed by atoms with Crippen molar-refractivity contribution < 1.29 is 23.0 Å². The van der Waals surface area contributed by atoms with Crippen molar-refractivity contribution in [2.45, 2.75) is 17.9 Å². The number of sulfonamides is 1. The van der Waals surface area contributed by atoms with Crippen LogP contribution in [-0.4, -0.2) is 45.6 Å². The second-order valence-electron chi connectivity index (χ2n) is 5.73. The first-order valence-corrected chi connectivity index (χ1v) is 9.16. The van der Waals surface area contributed by atoms with E-state index in [9.17, 15) is 13.5 Å². The highest BCUT2D eigenvalue weighted by Gasteiger charge is 2.24. The first-order valence-electron chi connectivity index (χ1n) is 7.72. The van der Waals surface area contributed by atoms with E-state index in [2.05, 4.69) is 0 Å². The number of rotatable bonds is 7. The van der Waals surface area contributed by atoms with Gasteiger partial charge in [0, 0.05) is 13.6 Å². The molecule has 1 N–H and O–H groups in total. The third-order valence-electron chi connectivity index (χ3n) is 3.95. The van der Waals surface area contributed by atoms with Gasteiger partial charge >= 0.3 is 0 Å². The van der Waals surface area contributed by atoms with Crippen LogP contribution in [0.4, 0.5) is 0 Å². The van der Waals surface area contributed by atoms with E-state index in [4.69, 9.17) is 9.47 Å². The molecule has 7 heteroatoms. The third-order valence-corrected chi connectivity index (χ3v) is 5.79. The van der Waals surface area contributed by atoms with Gasteiger partial charge in [0.25, 0.3) is 0 Å². The second kappa shape index (κ2) is 7.86. The Bertz CT molecular complexity index is 818. The lowest BCUT2D eigenvalue weighted by atomic mass is 10.1. The molecule has 0 spiro atoms. The van der Waals surface area contributed by atoms with Gasteiger partial charge in [0.1, 0.15) is 0 Å². The van der Waals surface area contributed by atoms with Gasteiger partial charge in [-0.15, -0.1) is 0 Å². The van der Waals surface area contributed by atoms with Gasteiger partial charge in [-0.25, -0.2) is 8.42 Å². The highest BCUT2D eigenvalue weighted by atomic mass is 32.2. The number of methoxy groups -OCH3 is 2. The van der Waals surface area contributed by atoms with Crippen molar-refractivity contribution in [3.63, 3.8) is 0 Å². The average Bonchev–Trinajstić information content (AvgIpc) is 2.61. The number of nitrogens with zero attached hydrogens (tertiary/aromatic N) is 1. The van der Waals surface area contributed by atoms with Gasteiger partial charge in [-0.3, -0.25) is 0 Å². The van der Waals surface area contributed by atoms with Crippen LogP contribution in [0, 0.1) is 6.92 Å². The largest absolute Gasteiger partial charge is 0.493 e. The number of aliphatic hydroxyl groups is 1. The van der Waals surface area contributed by atoms with E-state index in [0.29, 0.717) is 17.1 Å². The smallest absolute Gasteiger partial charge is 0.242 e. The van der Waals surface area contributed by atoms with E-state index in [1.165, 1.54) is 21.3 Å². The summed E-state index contributed by atoms with van der Waals surface area (Å²) in [6, 6.07) is 11.6. The molecule has 0 aliphatic heterocycles. The summed E-state index contributed by atoms with van der Waals surface area (Å²) in [4.78, 5) is 0.195. The van der Waals surface area contributed by atoms with Gasteiger partial charge in [0.2, 0.25) is 10.0 Å². The Morgan fingerprint density at radius 1 is 1.04 bits per heavy atom. The molecule has 1 atom stereocenters. The van der Waals surface area contributed by atoms with E-state index >= 15 is 0 Å². The highest BCUT2D eigenvalue weighted by Crippen LogP contribution is 2.30. The van der Waals surface area contributed by atoms with Crippen LogP contribution in [0.3, 0.4) is 0 Å². The van der Waals surface area contributed by atoms with Crippen LogP contribution in [0.25, 0.3) is 0 Å². The Morgan fingerprint density at radius 2 is 1.64 bits per heavy atom. The topological polar surface area (TPSA) is 76.1 Å². The van der Waals surface area contributed by atoms with Crippen LogP contribution < -0.4 is 9.47 Å². The standard InChI is InChI=1S/C18H23NO5S/c1-13-5-8-15(9-6-13)25(21,22)19(2)12-16(20)14-7-10-17(23-3)18(11-14)24-4/h5-11,16,20H,12H2,1-4H3. The molecule has 2 rings (SSSR count). The minimum Gasteiger partial charge on any atom is -0.493 e. The fraction of sp³-hybridized carbons (Fsp3) is 0.333. The fourth-order valence-corrected chi connectivity index (χ4v) is 3.57. The van der Waals surface area contributed by atoms with Gasteiger partial charge in [-0.2, -0.15) is 4.31 Å². The summed E-state index contributed by atoms with van der Waals surface area (Å²) in [5.74, 6) is 1.02. The molecule has 0 heterocycles. The molecule has 0 aromatic heterocycles. The lowest BCUT2D eigenvalue weighted by Crippen LogP contribution is -2.31. The summed E-state index contributed by atoms with van der Waals surface area (Å²) in [5.41, 5.74) is 1.52. The van der Waals surface area contributed by atoms with E-state index in [1.54, 1.807) is 42.5 Å². The Hall–Kier alpha value is -2.09. The van der Waals surface area contributed by atoms with Gasteiger partial charge in [-0.05, 0) is 36.8 Å². The summed E-state index contributed by atoms with van der Waals surface area (Å²) in [5, 5.41) is 10.4. The first kappa shape index (κ1) is 19.2. The number of ether oxygens (including phenoxy) is 2. The molecule has 0 aliphatic carbocycles. The Labute approximate surface area is 148 Å². The number of aryl methyl sites for hydroxylation is 1. The Morgan fingerprint density at radius 3 is 2.20 bits per heavy atom. The van der Waals surface area contributed by atoms with Crippen molar-refractivity contribution in [2.75, 3.05) is 27.8 Å². The van der Waals surface area contributed by atoms with Crippen molar-refractivity contribution >= 4 is 10.0 Å². The number of benzene rings is 2. The molecule has 25 heavy (non-hydrogen) atoms. The molecule has 0 saturated carbocycles. The zero-order chi connectivity index (χ0) is 18.6. The minimum atomic E-state index is -3.67. The minimum absolute atomic E-state index is 0.0777. The maximum Gasteiger partial charge on any atom is 0.242 e. The molecule has 2 aromatic carbocycles. The third kappa shape index (κ3) is 4.31. The van der Waals surface area contributed by atoms with Gasteiger partial charge in [-0.1, -0.05) is 23.8 Å². The van der Waals surface area contributed by atoms with E-state index < -0.39 is 16.1 Å². The predicted octanol–water partition coefficient (Wildman–Crippen LogP) is 2.37. The summed E-state index contributed by atoms with van der Waals surface area (Å²) >= 11 is 0. The lowest BCUT2D eigenvalue weighted by Gasteiger charge is -2.21. The van der Waals surface area contributed by atoms with Crippen LogP contribution in [0.15, 0.2) is 47.4 Å². The van der Waals surface area contributed by atoms with Crippen LogP contribution in [0.2, 0.25) is 0 Å². The maximum atomic E-state index is 12.6. The van der Waals surface area contributed by atoms with Crippen molar-refractivity contribution in [3.8, 4) is 11.5 Å². The van der Waals surface area contributed by atoms with Crippen LogP contribution in [0.1, 0.15) is 17.2 Å². The SMILES string of the molecule is COc1ccc(C(O)CN(C)S(=O)(=O)c2ccc(C)cc2)cc1OC. The number of likely N-dealkylation sites (N-methyl/N-ethyl adjacent to an activating group) is 1. The first-order chi connectivity index (χ1) is 11.8. The summed E-state index contributed by atoms with van der Waals surface area (Å²) in [6.07, 6.45) is -0.995. The molecule has 136 valence electrons. The number of hydrogen-bond donors (Lipinski definition) is 1. The van der Waals surface area contributed by atoms with Crippen molar-refractivity contribution in [2.24, 2.45) is 0 Å². The molecule has 2 aromatic rings. The van der Waals surface area contributed by atoms with Gasteiger partial charge < -0.3 is 14.6 Å². The highest BCUT2D eigenvalue weighted by molar-refractivity contribution is 7.89. The second-order valence-corrected chi connectivity index (χ2v) is 7.77. The Kier molecular flexibility index (Phi) is 6.05. The molecule has 0 fully saturated rings. The van der Waals surface area contributed by atoms with Crippen LogP contribution >= 0.6 is 0 Å². The van der Waals surface area contributed by atoms with Gasteiger partial charge in [0.05, 0.1) is 25.2 Å². The van der Waals surface area contributed by atoms with Crippen molar-refractivity contribution in [1.82, 2.24) is 4.31 Å². The lowest BCUT2D eigenvalue weighted by molar-refractivity contribution is 0.154. The molecular weight excluding hydrogens is 342 g/mol. The van der Waals surface area contributed by atoms with E-state index in [1.807, 2.05) is 6.92 Å². The summed E-state index contributed by atoms with van der Waals surface area (Å²) in [6.45, 7) is 1.81. The van der Waals surface area contributed by atoms with E-state index in [0.717, 1.165) is 9.87 Å². The zero-order valence-corrected chi connectivity index (χ0v) is 15.6. The molecular formula is C18H23NO5S. The van der Waals surface area contributed by atoms with Crippen LogP contribution in [0.5, 0.6) is 11.5 Å². The number of hydrogen-bond acceptors (Lipinski definition) is 5. The van der Waals surface area contributed by atoms with Gasteiger partial charge in [0.15, 0.2) is 11.5 Å². The molecule has 1 unspecified atom stereocenters. The molecule has 0 radical (unpaired) electrons. The maximum absolute atomic E-state index is 12.6. The predicted molar refractivity (Wildman–Crippen MR) is 95.5 cm³/mol. The molecule has 0 bridgehead atoms. The van der Waals surface area contributed by atoms with Crippen LogP contribution in [-0.2, 0) is 10.0 Å². The molecule has 0 saturated heterocycles. The Balaban J connectivity index is 2.19. The molecule has 6 nitrogen and oxygen atoms in total. The monoisotopic (exact) mass is 365 g/mol. The van der Waals surface area contributed by atoms with Crippen molar-refractivity contribution in [1.29, 1.82) is 0 Å². The molecule has 0 aliphatic rings. The normalized spacial score (nSPS) is 12.9. The number of aliphatic hydroxyl groups excluding tert-OH is 1.